The highest BCUT2D eigenvalue weighted by Crippen LogP contribution is 2.43. The molecule has 1 unspecified atom stereocenters. The largest absolute Gasteiger partial charge is 0.337 e. The molecule has 1 saturated heterocycles. The monoisotopic (exact) mass is 446 g/mol. The summed E-state index contributed by atoms with van der Waals surface area (Å²) in [6, 6.07) is 8.79. The Kier molecular flexibility index (Phi) is 4.80. The Bertz CT molecular complexity index is 1200. The molecule has 0 spiro atoms. The number of amides is 1. The van der Waals surface area contributed by atoms with Gasteiger partial charge in [0.15, 0.2) is 0 Å². The van der Waals surface area contributed by atoms with Gasteiger partial charge in [0.25, 0.3) is 11.9 Å². The average Bonchev–Trinajstić information content (AvgIpc) is 3.35. The van der Waals surface area contributed by atoms with Crippen LogP contribution in [0.15, 0.2) is 41.6 Å². The van der Waals surface area contributed by atoms with E-state index in [2.05, 4.69) is 47.3 Å². The molecule has 7 nitrogen and oxygen atoms in total. The van der Waals surface area contributed by atoms with Crippen LogP contribution in [0.3, 0.4) is 0 Å². The number of nitrogens with zero attached hydrogens (tertiary/aromatic N) is 6. The summed E-state index contributed by atoms with van der Waals surface area (Å²) in [5.41, 5.74) is 4.94. The number of rotatable bonds is 4. The first-order valence-corrected chi connectivity index (χ1v) is 12.2. The van der Waals surface area contributed by atoms with E-state index in [-0.39, 0.29) is 5.91 Å². The van der Waals surface area contributed by atoms with Crippen LogP contribution >= 0.6 is 11.8 Å². The van der Waals surface area contributed by atoms with Gasteiger partial charge in [0.1, 0.15) is 0 Å². The van der Waals surface area contributed by atoms with Crippen molar-refractivity contribution in [1.82, 2.24) is 29.5 Å². The minimum absolute atomic E-state index is 0.0854. The van der Waals surface area contributed by atoms with Crippen molar-refractivity contribution in [1.29, 1.82) is 0 Å². The van der Waals surface area contributed by atoms with E-state index in [1.807, 2.05) is 33.6 Å². The molecule has 1 amide bonds. The SMILES string of the molecule is CN(C)C1CCN(C(=O)c2cnn(-c3ncc4c(n3)-c3ccccc3SC4)c2C2CC2)C1. The van der Waals surface area contributed by atoms with Gasteiger partial charge in [-0.15, -0.1) is 11.8 Å². The van der Waals surface area contributed by atoms with Gasteiger partial charge >= 0.3 is 0 Å². The van der Waals surface area contributed by atoms with Gasteiger partial charge in [-0.1, -0.05) is 18.2 Å². The van der Waals surface area contributed by atoms with Gasteiger partial charge in [0.05, 0.1) is 23.1 Å². The van der Waals surface area contributed by atoms with Crippen molar-refractivity contribution in [3.8, 4) is 17.2 Å². The van der Waals surface area contributed by atoms with Crippen LogP contribution in [0.25, 0.3) is 17.2 Å². The lowest BCUT2D eigenvalue weighted by atomic mass is 10.1. The first-order valence-electron chi connectivity index (χ1n) is 11.2. The molecule has 0 bridgehead atoms. The Morgan fingerprint density at radius 1 is 1.16 bits per heavy atom. The third kappa shape index (κ3) is 3.33. The Balaban J connectivity index is 1.37. The maximum atomic E-state index is 13.4. The van der Waals surface area contributed by atoms with Gasteiger partial charge in [-0.25, -0.2) is 14.6 Å². The molecular formula is C24H26N6OS. The maximum absolute atomic E-state index is 13.4. The molecule has 2 aromatic heterocycles. The standard InChI is InChI=1S/C24H26N6OS/c1-28(2)17-9-10-29(13-17)23(31)19-12-26-30(22(19)15-7-8-15)24-25-11-16-14-32-20-6-4-3-5-18(20)21(16)27-24/h3-6,11-12,15,17H,7-10,13-14H2,1-2H3. The van der Waals surface area contributed by atoms with Crippen molar-refractivity contribution in [3.63, 3.8) is 0 Å². The number of hydrogen-bond donors (Lipinski definition) is 0. The highest BCUT2D eigenvalue weighted by molar-refractivity contribution is 7.98. The summed E-state index contributed by atoms with van der Waals surface area (Å²) >= 11 is 1.82. The first-order chi connectivity index (χ1) is 15.6. The van der Waals surface area contributed by atoms with E-state index in [1.165, 1.54) is 4.90 Å². The van der Waals surface area contributed by atoms with Crippen molar-refractivity contribution in [2.75, 3.05) is 27.2 Å². The minimum Gasteiger partial charge on any atom is -0.337 e. The maximum Gasteiger partial charge on any atom is 0.257 e. The van der Waals surface area contributed by atoms with Crippen molar-refractivity contribution in [2.45, 2.75) is 41.9 Å². The van der Waals surface area contributed by atoms with Crippen LogP contribution in [0.5, 0.6) is 0 Å². The van der Waals surface area contributed by atoms with E-state index < -0.39 is 0 Å². The molecule has 3 aliphatic rings. The minimum atomic E-state index is 0.0854. The van der Waals surface area contributed by atoms with E-state index in [0.717, 1.165) is 60.6 Å². The van der Waals surface area contributed by atoms with Crippen molar-refractivity contribution >= 4 is 17.7 Å². The van der Waals surface area contributed by atoms with Crippen LogP contribution < -0.4 is 0 Å². The molecule has 1 atom stereocenters. The van der Waals surface area contributed by atoms with Crippen molar-refractivity contribution in [3.05, 3.63) is 53.5 Å². The molecule has 4 heterocycles. The summed E-state index contributed by atoms with van der Waals surface area (Å²) in [6.07, 6.45) is 6.82. The number of likely N-dealkylation sites (tertiary alicyclic amines) is 1. The molecule has 2 fully saturated rings. The summed E-state index contributed by atoms with van der Waals surface area (Å²) in [5.74, 6) is 1.86. The highest BCUT2D eigenvalue weighted by atomic mass is 32.2. The highest BCUT2D eigenvalue weighted by Gasteiger charge is 2.37. The number of carbonyl (C=O) groups excluding carboxylic acids is 1. The number of aromatic nitrogens is 4. The average molecular weight is 447 g/mol. The normalized spacial score (nSPS) is 19.8. The molecular weight excluding hydrogens is 420 g/mol. The van der Waals surface area contributed by atoms with Gasteiger partial charge in [-0.2, -0.15) is 5.10 Å². The Morgan fingerprint density at radius 2 is 2.00 bits per heavy atom. The molecule has 32 heavy (non-hydrogen) atoms. The van der Waals surface area contributed by atoms with E-state index in [0.29, 0.717) is 23.5 Å². The molecule has 2 aliphatic heterocycles. The van der Waals surface area contributed by atoms with Gasteiger partial charge in [-0.05, 0) is 39.4 Å². The van der Waals surface area contributed by atoms with Gasteiger partial charge in [0.2, 0.25) is 0 Å². The number of hydrogen-bond acceptors (Lipinski definition) is 6. The molecule has 0 N–H and O–H groups in total. The van der Waals surface area contributed by atoms with E-state index in [9.17, 15) is 4.79 Å². The second-order valence-corrected chi connectivity index (χ2v) is 10.1. The van der Waals surface area contributed by atoms with Gasteiger partial charge < -0.3 is 9.80 Å². The number of likely N-dealkylation sites (N-methyl/N-ethyl adjacent to an activating group) is 1. The fourth-order valence-electron chi connectivity index (χ4n) is 4.73. The van der Waals surface area contributed by atoms with Gasteiger partial charge in [-0.3, -0.25) is 4.79 Å². The van der Waals surface area contributed by atoms with Crippen LogP contribution in [-0.4, -0.2) is 68.7 Å². The molecule has 164 valence electrons. The van der Waals surface area contributed by atoms with Gasteiger partial charge in [0, 0.05) is 53.0 Å². The smallest absolute Gasteiger partial charge is 0.257 e. The van der Waals surface area contributed by atoms with E-state index >= 15 is 0 Å². The van der Waals surface area contributed by atoms with Crippen molar-refractivity contribution < 1.29 is 4.79 Å². The zero-order chi connectivity index (χ0) is 21.8. The van der Waals surface area contributed by atoms with Crippen LogP contribution in [-0.2, 0) is 5.75 Å². The predicted molar refractivity (Wildman–Crippen MR) is 124 cm³/mol. The Hall–Kier alpha value is -2.71. The molecule has 0 radical (unpaired) electrons. The molecule has 1 aliphatic carbocycles. The number of benzene rings is 1. The topological polar surface area (TPSA) is 67.2 Å². The fourth-order valence-corrected chi connectivity index (χ4v) is 5.75. The lowest BCUT2D eigenvalue weighted by molar-refractivity contribution is 0.0782. The third-order valence-electron chi connectivity index (χ3n) is 6.75. The lowest BCUT2D eigenvalue weighted by Crippen LogP contribution is -2.34. The summed E-state index contributed by atoms with van der Waals surface area (Å²) < 4.78 is 1.81. The Labute approximate surface area is 191 Å². The summed E-state index contributed by atoms with van der Waals surface area (Å²) in [7, 11) is 4.16. The molecule has 1 aromatic carbocycles. The third-order valence-corrected chi connectivity index (χ3v) is 7.87. The van der Waals surface area contributed by atoms with E-state index in [1.54, 1.807) is 6.20 Å². The number of fused-ring (bicyclic) bond motifs is 3. The number of thioether (sulfide) groups is 1. The zero-order valence-electron chi connectivity index (χ0n) is 18.4. The zero-order valence-corrected chi connectivity index (χ0v) is 19.2. The molecule has 3 aromatic rings. The fraction of sp³-hybridized carbons (Fsp3) is 0.417. The molecule has 6 rings (SSSR count). The van der Waals surface area contributed by atoms with Crippen LogP contribution in [0.4, 0.5) is 0 Å². The lowest BCUT2D eigenvalue weighted by Gasteiger charge is -2.20. The second kappa shape index (κ2) is 7.71. The van der Waals surface area contributed by atoms with Crippen LogP contribution in [0.1, 0.15) is 46.8 Å². The molecule has 1 saturated carbocycles. The quantitative estimate of drug-likeness (QED) is 0.610. The predicted octanol–water partition coefficient (Wildman–Crippen LogP) is 3.59. The first kappa shape index (κ1) is 19.9. The summed E-state index contributed by atoms with van der Waals surface area (Å²) in [4.78, 5) is 28.4. The Morgan fingerprint density at radius 3 is 2.78 bits per heavy atom. The second-order valence-electron chi connectivity index (χ2n) is 9.12. The summed E-state index contributed by atoms with van der Waals surface area (Å²) in [5, 5.41) is 4.63. The summed E-state index contributed by atoms with van der Waals surface area (Å²) in [6.45, 7) is 1.56. The van der Waals surface area contributed by atoms with Crippen LogP contribution in [0, 0.1) is 0 Å². The number of carbonyl (C=O) groups is 1. The molecule has 8 heteroatoms. The van der Waals surface area contributed by atoms with Crippen LogP contribution in [0.2, 0.25) is 0 Å². The van der Waals surface area contributed by atoms with E-state index in [4.69, 9.17) is 4.98 Å². The van der Waals surface area contributed by atoms with Crippen molar-refractivity contribution in [2.24, 2.45) is 0 Å².